The molecule has 0 aliphatic carbocycles. The van der Waals surface area contributed by atoms with Gasteiger partial charge in [0.1, 0.15) is 6.79 Å². The van der Waals surface area contributed by atoms with E-state index in [2.05, 4.69) is 0 Å². The van der Waals surface area contributed by atoms with Crippen LogP contribution in [0.2, 0.25) is 0 Å². The van der Waals surface area contributed by atoms with Crippen molar-refractivity contribution in [2.24, 2.45) is 0 Å². The molecule has 64 valence electrons. The van der Waals surface area contributed by atoms with Crippen molar-refractivity contribution in [2.45, 2.75) is 0 Å². The first kappa shape index (κ1) is 8.97. The largest absolute Gasteiger partial charge is 0.371 e. The zero-order valence-corrected chi connectivity index (χ0v) is 6.81. The Morgan fingerprint density at radius 1 is 1.25 bits per heavy atom. The van der Waals surface area contributed by atoms with Gasteiger partial charge >= 0.3 is 0 Å². The molecule has 1 aromatic rings. The van der Waals surface area contributed by atoms with Gasteiger partial charge in [-0.05, 0) is 5.56 Å². The minimum absolute atomic E-state index is 0.223. The van der Waals surface area contributed by atoms with Crippen LogP contribution < -0.4 is 0 Å². The lowest BCUT2D eigenvalue weighted by Gasteiger charge is -1.93. The molecule has 1 rings (SSSR count). The lowest BCUT2D eigenvalue weighted by Crippen LogP contribution is -1.90. The fourth-order valence-electron chi connectivity index (χ4n) is 0.869. The van der Waals surface area contributed by atoms with E-state index in [-0.39, 0.29) is 6.79 Å². The van der Waals surface area contributed by atoms with Gasteiger partial charge in [0, 0.05) is 0 Å². The molecule has 0 aromatic heterocycles. The number of hydrogen-bond acceptors (Lipinski definition) is 2. The molecular weight excluding hydrogens is 152 g/mol. The predicted molar refractivity (Wildman–Crippen MR) is 48.5 cm³/mol. The Morgan fingerprint density at radius 2 is 2.00 bits per heavy atom. The van der Waals surface area contributed by atoms with Gasteiger partial charge in [-0.1, -0.05) is 42.5 Å². The van der Waals surface area contributed by atoms with Crippen LogP contribution in [0, 0.1) is 0 Å². The summed E-state index contributed by atoms with van der Waals surface area (Å²) >= 11 is 0. The molecule has 0 saturated heterocycles. The Morgan fingerprint density at radius 3 is 2.67 bits per heavy atom. The van der Waals surface area contributed by atoms with Gasteiger partial charge in [-0.25, -0.2) is 0 Å². The molecule has 0 aliphatic heterocycles. The van der Waals surface area contributed by atoms with Crippen LogP contribution in [0.3, 0.4) is 0 Å². The molecule has 0 aliphatic rings. The fraction of sp³-hybridized carbons (Fsp3) is 0.200. The van der Waals surface area contributed by atoms with Gasteiger partial charge < -0.3 is 9.84 Å². The molecule has 0 radical (unpaired) electrons. The molecule has 0 bridgehead atoms. The van der Waals surface area contributed by atoms with Crippen LogP contribution in [0.5, 0.6) is 0 Å². The number of ether oxygens (including phenoxy) is 1. The highest BCUT2D eigenvalue weighted by Gasteiger charge is 1.81. The summed E-state index contributed by atoms with van der Waals surface area (Å²) in [5, 5.41) is 8.31. The van der Waals surface area contributed by atoms with Gasteiger partial charge in [0.2, 0.25) is 0 Å². The first-order valence-electron chi connectivity index (χ1n) is 3.83. The first-order chi connectivity index (χ1) is 5.93. The zero-order valence-electron chi connectivity index (χ0n) is 6.81. The molecule has 2 nitrogen and oxygen atoms in total. The summed E-state index contributed by atoms with van der Waals surface area (Å²) in [6.45, 7) is 0.227. The van der Waals surface area contributed by atoms with Crippen LogP contribution in [-0.4, -0.2) is 18.5 Å². The Bertz CT molecular complexity index is 229. The van der Waals surface area contributed by atoms with Crippen molar-refractivity contribution in [3.05, 3.63) is 42.0 Å². The quantitative estimate of drug-likeness (QED) is 0.541. The molecule has 0 unspecified atom stereocenters. The van der Waals surface area contributed by atoms with E-state index < -0.39 is 0 Å². The van der Waals surface area contributed by atoms with E-state index in [0.29, 0.717) is 6.61 Å². The molecule has 0 atom stereocenters. The topological polar surface area (TPSA) is 29.5 Å². The van der Waals surface area contributed by atoms with Gasteiger partial charge in [-0.15, -0.1) is 0 Å². The lowest BCUT2D eigenvalue weighted by molar-refractivity contribution is 0.0134. The molecule has 2 heteroatoms. The van der Waals surface area contributed by atoms with Crippen molar-refractivity contribution in [3.63, 3.8) is 0 Å². The summed E-state index contributed by atoms with van der Waals surface area (Å²) in [5.41, 5.74) is 1.14. The Balaban J connectivity index is 2.36. The molecule has 1 aromatic carbocycles. The van der Waals surface area contributed by atoms with Crippen molar-refractivity contribution >= 4 is 6.08 Å². The van der Waals surface area contributed by atoms with Crippen LogP contribution >= 0.6 is 0 Å². The zero-order chi connectivity index (χ0) is 8.65. The minimum Gasteiger partial charge on any atom is -0.371 e. The van der Waals surface area contributed by atoms with Gasteiger partial charge in [0.25, 0.3) is 0 Å². The summed E-state index contributed by atoms with van der Waals surface area (Å²) in [6.07, 6.45) is 3.82. The average Bonchev–Trinajstić information content (AvgIpc) is 2.14. The molecule has 12 heavy (non-hydrogen) atoms. The number of benzene rings is 1. The highest BCUT2D eigenvalue weighted by Crippen LogP contribution is 2.00. The predicted octanol–water partition coefficient (Wildman–Crippen LogP) is 1.67. The third kappa shape index (κ3) is 3.32. The molecule has 0 spiro atoms. The van der Waals surface area contributed by atoms with Crippen molar-refractivity contribution in [1.29, 1.82) is 0 Å². The molecule has 1 N–H and O–H groups in total. The van der Waals surface area contributed by atoms with E-state index >= 15 is 0 Å². The molecule has 0 saturated carbocycles. The molecule has 0 amide bonds. The first-order valence-corrected chi connectivity index (χ1v) is 3.83. The van der Waals surface area contributed by atoms with Crippen LogP contribution in [-0.2, 0) is 4.74 Å². The standard InChI is InChI=1S/C10H12O2/c11-9-12-8-4-7-10-5-2-1-3-6-10/h1-7,11H,8-9H2. The number of rotatable bonds is 4. The Hall–Kier alpha value is -1.12. The Kier molecular flexibility index (Phi) is 4.13. The van der Waals surface area contributed by atoms with Gasteiger partial charge in [-0.2, -0.15) is 0 Å². The van der Waals surface area contributed by atoms with E-state index in [9.17, 15) is 0 Å². The molecular formula is C10H12O2. The van der Waals surface area contributed by atoms with E-state index in [4.69, 9.17) is 9.84 Å². The normalized spacial score (nSPS) is 10.8. The SMILES string of the molecule is OCOCC=Cc1ccccc1. The van der Waals surface area contributed by atoms with Crippen molar-refractivity contribution in [2.75, 3.05) is 13.4 Å². The maximum absolute atomic E-state index is 8.31. The number of aliphatic hydroxyl groups excluding tert-OH is 1. The third-order valence-corrected chi connectivity index (χ3v) is 1.42. The highest BCUT2D eigenvalue weighted by molar-refractivity contribution is 5.48. The third-order valence-electron chi connectivity index (χ3n) is 1.42. The van der Waals surface area contributed by atoms with Crippen molar-refractivity contribution in [3.8, 4) is 0 Å². The summed E-state index contributed by atoms with van der Waals surface area (Å²) in [7, 11) is 0. The Labute approximate surface area is 72.1 Å². The second-order valence-electron chi connectivity index (χ2n) is 2.31. The maximum atomic E-state index is 8.31. The summed E-state index contributed by atoms with van der Waals surface area (Å²) in [6, 6.07) is 9.95. The number of aliphatic hydroxyl groups is 1. The van der Waals surface area contributed by atoms with Gasteiger partial charge in [-0.3, -0.25) is 0 Å². The van der Waals surface area contributed by atoms with Crippen molar-refractivity contribution < 1.29 is 9.84 Å². The van der Waals surface area contributed by atoms with Crippen LogP contribution in [0.1, 0.15) is 5.56 Å². The van der Waals surface area contributed by atoms with E-state index in [1.54, 1.807) is 0 Å². The lowest BCUT2D eigenvalue weighted by atomic mass is 10.2. The molecule has 0 fully saturated rings. The minimum atomic E-state index is -0.223. The monoisotopic (exact) mass is 164 g/mol. The summed E-state index contributed by atoms with van der Waals surface area (Å²) in [5.74, 6) is 0. The van der Waals surface area contributed by atoms with Crippen LogP contribution in [0.4, 0.5) is 0 Å². The van der Waals surface area contributed by atoms with Gasteiger partial charge in [0.05, 0.1) is 6.61 Å². The molecule has 0 heterocycles. The summed E-state index contributed by atoms with van der Waals surface area (Å²) in [4.78, 5) is 0. The van der Waals surface area contributed by atoms with Crippen molar-refractivity contribution in [1.82, 2.24) is 0 Å². The maximum Gasteiger partial charge on any atom is 0.143 e. The highest BCUT2D eigenvalue weighted by atomic mass is 16.6. The second kappa shape index (κ2) is 5.52. The van der Waals surface area contributed by atoms with E-state index in [1.807, 2.05) is 42.5 Å². The van der Waals surface area contributed by atoms with Crippen LogP contribution in [0.25, 0.3) is 6.08 Å². The van der Waals surface area contributed by atoms with E-state index in [0.717, 1.165) is 5.56 Å². The summed E-state index contributed by atoms with van der Waals surface area (Å²) < 4.78 is 4.72. The number of hydrogen-bond donors (Lipinski definition) is 1. The fourth-order valence-corrected chi connectivity index (χ4v) is 0.869. The van der Waals surface area contributed by atoms with E-state index in [1.165, 1.54) is 0 Å². The second-order valence-corrected chi connectivity index (χ2v) is 2.31. The average molecular weight is 164 g/mol. The van der Waals surface area contributed by atoms with Crippen LogP contribution in [0.15, 0.2) is 36.4 Å². The van der Waals surface area contributed by atoms with Gasteiger partial charge in [0.15, 0.2) is 0 Å². The smallest absolute Gasteiger partial charge is 0.143 e.